The van der Waals surface area contributed by atoms with Gasteiger partial charge in [-0.25, -0.2) is 9.18 Å². The van der Waals surface area contributed by atoms with Crippen molar-refractivity contribution in [3.63, 3.8) is 0 Å². The van der Waals surface area contributed by atoms with Gasteiger partial charge >= 0.3 is 18.1 Å². The Labute approximate surface area is 182 Å². The minimum atomic E-state index is -5.08. The zero-order valence-corrected chi connectivity index (χ0v) is 17.7. The molecule has 1 amide bonds. The molecular weight excluding hydrogens is 438 g/mol. The number of alkyl halides is 4. The molecule has 4 aliphatic rings. The van der Waals surface area contributed by atoms with E-state index in [1.165, 1.54) is 4.90 Å². The molecule has 0 radical (unpaired) electrons. The third-order valence-corrected chi connectivity index (χ3v) is 6.53. The normalized spacial score (nSPS) is 31.3. The topological polar surface area (TPSA) is 120 Å². The lowest BCUT2D eigenvalue weighted by molar-refractivity contribution is -0.192. The van der Waals surface area contributed by atoms with E-state index in [9.17, 15) is 27.2 Å². The van der Waals surface area contributed by atoms with Gasteiger partial charge in [0.1, 0.15) is 12.2 Å². The number of aliphatic carboxylic acids is 1. The molecule has 8 nitrogen and oxygen atoms in total. The van der Waals surface area contributed by atoms with Crippen molar-refractivity contribution in [2.75, 3.05) is 19.7 Å². The molecule has 0 unspecified atom stereocenters. The number of rotatable bonds is 5. The Bertz CT molecular complexity index is 743. The van der Waals surface area contributed by atoms with E-state index in [1.54, 1.807) is 0 Å². The van der Waals surface area contributed by atoms with Gasteiger partial charge < -0.3 is 20.1 Å². The van der Waals surface area contributed by atoms with Crippen LogP contribution < -0.4 is 5.32 Å². The molecule has 3 saturated carbocycles. The fraction of sp³-hybridized carbons (Fsp3) is 0.800. The predicted octanol–water partition coefficient (Wildman–Crippen LogP) is 2.33. The van der Waals surface area contributed by atoms with Crippen molar-refractivity contribution >= 4 is 17.8 Å². The molecule has 2 atom stereocenters. The number of nitriles is 1. The lowest BCUT2D eigenvalue weighted by Gasteiger charge is -2.52. The maximum Gasteiger partial charge on any atom is 0.490 e. The summed E-state index contributed by atoms with van der Waals surface area (Å²) in [6.45, 7) is 2.37. The average molecular weight is 465 g/mol. The third kappa shape index (κ3) is 5.88. The molecule has 32 heavy (non-hydrogen) atoms. The van der Waals surface area contributed by atoms with Crippen LogP contribution in [-0.2, 0) is 19.1 Å². The van der Waals surface area contributed by atoms with E-state index in [0.29, 0.717) is 6.61 Å². The highest BCUT2D eigenvalue weighted by Gasteiger charge is 2.53. The summed E-state index contributed by atoms with van der Waals surface area (Å²) in [7, 11) is 0. The molecule has 3 aliphatic carbocycles. The van der Waals surface area contributed by atoms with E-state index in [1.807, 2.05) is 13.0 Å². The summed E-state index contributed by atoms with van der Waals surface area (Å²) < 4.78 is 50.5. The van der Waals surface area contributed by atoms with Crippen molar-refractivity contribution in [2.24, 2.45) is 5.41 Å². The number of carboxylic acid groups (broad SMARTS) is 1. The fourth-order valence-corrected chi connectivity index (χ4v) is 4.59. The molecule has 4 fully saturated rings. The molecule has 180 valence electrons. The monoisotopic (exact) mass is 465 g/mol. The average Bonchev–Trinajstić information content (AvgIpc) is 3.14. The predicted molar refractivity (Wildman–Crippen MR) is 102 cm³/mol. The Morgan fingerprint density at radius 3 is 2.16 bits per heavy atom. The molecular formula is C20H27F4N3O5. The maximum atomic E-state index is 13.5. The van der Waals surface area contributed by atoms with Crippen LogP contribution in [0.3, 0.4) is 0 Å². The number of hydrogen-bond donors (Lipinski definition) is 2. The Hall–Kier alpha value is -2.42. The van der Waals surface area contributed by atoms with Crippen LogP contribution in [0.25, 0.3) is 0 Å². The molecule has 1 aliphatic heterocycles. The van der Waals surface area contributed by atoms with Gasteiger partial charge in [0, 0.05) is 12.0 Å². The SMILES string of the molecule is CCOC(=O)C12CCC(NCC(=O)N3C[C@@H](F)C[C@H]3C#N)(CC1)CC2.O=C(O)C(F)(F)F. The lowest BCUT2D eigenvalue weighted by Crippen LogP contribution is -2.58. The van der Waals surface area contributed by atoms with E-state index in [4.69, 9.17) is 19.9 Å². The summed E-state index contributed by atoms with van der Waals surface area (Å²) in [5, 5.41) is 19.6. The number of amides is 1. The van der Waals surface area contributed by atoms with Crippen molar-refractivity contribution < 1.29 is 41.8 Å². The van der Waals surface area contributed by atoms with E-state index >= 15 is 0 Å². The van der Waals surface area contributed by atoms with Gasteiger partial charge in [0.2, 0.25) is 5.91 Å². The minimum Gasteiger partial charge on any atom is -0.475 e. The van der Waals surface area contributed by atoms with Crippen molar-refractivity contribution in [1.29, 1.82) is 5.26 Å². The third-order valence-electron chi connectivity index (χ3n) is 6.53. The number of nitrogens with one attached hydrogen (secondary N) is 1. The summed E-state index contributed by atoms with van der Waals surface area (Å²) in [6, 6.07) is 1.35. The molecule has 0 aromatic heterocycles. The van der Waals surface area contributed by atoms with Crippen molar-refractivity contribution in [3.8, 4) is 6.07 Å². The van der Waals surface area contributed by atoms with E-state index in [2.05, 4.69) is 5.32 Å². The van der Waals surface area contributed by atoms with Crippen molar-refractivity contribution in [1.82, 2.24) is 10.2 Å². The Morgan fingerprint density at radius 2 is 1.72 bits per heavy atom. The summed E-state index contributed by atoms with van der Waals surface area (Å²) in [6.07, 6.45) is -1.22. The number of halogens is 4. The summed E-state index contributed by atoms with van der Waals surface area (Å²) in [5.74, 6) is -3.05. The molecule has 1 heterocycles. The van der Waals surface area contributed by atoms with E-state index < -0.39 is 24.4 Å². The first kappa shape index (κ1) is 25.8. The van der Waals surface area contributed by atoms with Crippen LogP contribution in [0.4, 0.5) is 17.6 Å². The number of carboxylic acids is 1. The molecule has 0 aromatic rings. The highest BCUT2D eigenvalue weighted by atomic mass is 19.4. The minimum absolute atomic E-state index is 0.0116. The summed E-state index contributed by atoms with van der Waals surface area (Å²) in [5.41, 5.74) is -0.466. The maximum absolute atomic E-state index is 13.5. The summed E-state index contributed by atoms with van der Waals surface area (Å²) >= 11 is 0. The first-order chi connectivity index (χ1) is 14.9. The second kappa shape index (κ2) is 10.0. The number of fused-ring (bicyclic) bond motifs is 3. The lowest BCUT2D eigenvalue weighted by atomic mass is 9.57. The van der Waals surface area contributed by atoms with Crippen molar-refractivity contribution in [3.05, 3.63) is 0 Å². The number of likely N-dealkylation sites (tertiary alicyclic amines) is 1. The van der Waals surface area contributed by atoms with Crippen LogP contribution in [0.2, 0.25) is 0 Å². The van der Waals surface area contributed by atoms with Crippen LogP contribution in [0.5, 0.6) is 0 Å². The van der Waals surface area contributed by atoms with E-state index in [-0.39, 0.29) is 42.3 Å². The largest absolute Gasteiger partial charge is 0.490 e. The molecule has 4 rings (SSSR count). The first-order valence-corrected chi connectivity index (χ1v) is 10.4. The highest BCUT2D eigenvalue weighted by Crippen LogP contribution is 2.52. The zero-order chi connectivity index (χ0) is 24.2. The number of esters is 1. The first-order valence-electron chi connectivity index (χ1n) is 10.4. The standard InChI is InChI=1S/C18H26FN3O3.C2HF3O2/c1-2-25-16(24)17-3-6-18(7-4-17,8-5-17)21-11-15(23)22-12-13(19)9-14(22)10-20;3-2(4,5)1(6)7/h13-14,21H,2-9,11-12H2,1H3;(H,6,7)/t13-,14-,17?,18?;/m0./s1. The van der Waals surface area contributed by atoms with Gasteiger partial charge in [0.15, 0.2) is 0 Å². The van der Waals surface area contributed by atoms with Crippen molar-refractivity contribution in [2.45, 2.75) is 75.8 Å². The van der Waals surface area contributed by atoms with Gasteiger partial charge in [-0.15, -0.1) is 0 Å². The second-order valence-electron chi connectivity index (χ2n) is 8.46. The number of hydrogen-bond acceptors (Lipinski definition) is 6. The molecule has 1 saturated heterocycles. The smallest absolute Gasteiger partial charge is 0.475 e. The molecule has 0 spiro atoms. The van der Waals surface area contributed by atoms with Gasteiger partial charge in [0.05, 0.1) is 31.2 Å². The molecule has 0 aromatic carbocycles. The zero-order valence-electron chi connectivity index (χ0n) is 17.7. The van der Waals surface area contributed by atoms with Crippen LogP contribution in [0, 0.1) is 16.7 Å². The Balaban J connectivity index is 0.000000451. The van der Waals surface area contributed by atoms with Crippen LogP contribution in [0.15, 0.2) is 0 Å². The van der Waals surface area contributed by atoms with Gasteiger partial charge in [-0.2, -0.15) is 18.4 Å². The second-order valence-corrected chi connectivity index (χ2v) is 8.46. The summed E-state index contributed by atoms with van der Waals surface area (Å²) in [4.78, 5) is 34.9. The number of carbonyl (C=O) groups is 3. The number of ether oxygens (including phenoxy) is 1. The van der Waals surface area contributed by atoms with Gasteiger partial charge in [-0.05, 0) is 45.4 Å². The van der Waals surface area contributed by atoms with Gasteiger partial charge in [-0.1, -0.05) is 0 Å². The van der Waals surface area contributed by atoms with Crippen LogP contribution in [0.1, 0.15) is 51.9 Å². The molecule has 12 heteroatoms. The van der Waals surface area contributed by atoms with E-state index in [0.717, 1.165) is 38.5 Å². The quantitative estimate of drug-likeness (QED) is 0.472. The van der Waals surface area contributed by atoms with Crippen LogP contribution in [-0.4, -0.2) is 71.5 Å². The fourth-order valence-electron chi connectivity index (χ4n) is 4.59. The molecule has 2 N–H and O–H groups in total. The van der Waals surface area contributed by atoms with Gasteiger partial charge in [-0.3, -0.25) is 9.59 Å². The Kier molecular flexibility index (Phi) is 8.09. The van der Waals surface area contributed by atoms with Gasteiger partial charge in [0.25, 0.3) is 0 Å². The Morgan fingerprint density at radius 1 is 1.19 bits per heavy atom. The van der Waals surface area contributed by atoms with Crippen LogP contribution >= 0.6 is 0 Å². The number of carbonyl (C=O) groups excluding carboxylic acids is 2. The number of nitrogens with zero attached hydrogens (tertiary/aromatic N) is 2. The highest BCUT2D eigenvalue weighted by molar-refractivity contribution is 5.80. The molecule has 2 bridgehead atoms.